The Balaban J connectivity index is 1.79. The van der Waals surface area contributed by atoms with Crippen molar-refractivity contribution < 1.29 is 14.0 Å². The van der Waals surface area contributed by atoms with Gasteiger partial charge in [0.2, 0.25) is 0 Å². The Morgan fingerprint density at radius 1 is 0.926 bits per heavy atom. The second kappa shape index (κ2) is 8.01. The van der Waals surface area contributed by atoms with Gasteiger partial charge in [0.15, 0.2) is 0 Å². The monoisotopic (exact) mass is 382 g/mol. The molecule has 0 radical (unpaired) electrons. The molecule has 4 nitrogen and oxygen atoms in total. The van der Waals surface area contributed by atoms with Crippen LogP contribution in [0.2, 0.25) is 5.02 Å². The van der Waals surface area contributed by atoms with Crippen LogP contribution in [0.4, 0.5) is 15.8 Å². The van der Waals surface area contributed by atoms with Crippen LogP contribution >= 0.6 is 11.6 Å². The van der Waals surface area contributed by atoms with Crippen LogP contribution < -0.4 is 10.2 Å². The van der Waals surface area contributed by atoms with E-state index in [0.29, 0.717) is 16.8 Å². The van der Waals surface area contributed by atoms with Crippen molar-refractivity contribution in [1.82, 2.24) is 0 Å². The van der Waals surface area contributed by atoms with Crippen molar-refractivity contribution in [2.75, 3.05) is 17.3 Å². The molecule has 0 unspecified atom stereocenters. The summed E-state index contributed by atoms with van der Waals surface area (Å²) in [5.74, 6) is -1.22. The van der Waals surface area contributed by atoms with Gasteiger partial charge in [-0.15, -0.1) is 0 Å². The van der Waals surface area contributed by atoms with Crippen LogP contribution in [0.15, 0.2) is 72.8 Å². The van der Waals surface area contributed by atoms with Gasteiger partial charge in [-0.2, -0.15) is 0 Å². The summed E-state index contributed by atoms with van der Waals surface area (Å²) in [5.41, 5.74) is 1.80. The molecule has 0 aliphatic carbocycles. The van der Waals surface area contributed by atoms with Gasteiger partial charge in [-0.05, 0) is 48.5 Å². The number of anilines is 2. The minimum atomic E-state index is -0.564. The van der Waals surface area contributed by atoms with Gasteiger partial charge in [0, 0.05) is 29.5 Å². The molecule has 0 aromatic heterocycles. The lowest BCUT2D eigenvalue weighted by Crippen LogP contribution is -2.26. The Morgan fingerprint density at radius 3 is 2.33 bits per heavy atom. The predicted molar refractivity (Wildman–Crippen MR) is 105 cm³/mol. The van der Waals surface area contributed by atoms with Crippen LogP contribution in [0, 0.1) is 5.82 Å². The number of para-hydroxylation sites is 1. The van der Waals surface area contributed by atoms with Crippen LogP contribution in [0.5, 0.6) is 0 Å². The summed E-state index contributed by atoms with van der Waals surface area (Å²) < 4.78 is 13.2. The van der Waals surface area contributed by atoms with Gasteiger partial charge in [0.1, 0.15) is 5.82 Å². The van der Waals surface area contributed by atoms with Gasteiger partial charge in [0.25, 0.3) is 11.8 Å². The second-order valence-corrected chi connectivity index (χ2v) is 6.27. The van der Waals surface area contributed by atoms with Crippen LogP contribution in [-0.4, -0.2) is 18.9 Å². The maximum Gasteiger partial charge on any atom is 0.258 e. The molecule has 0 aliphatic rings. The van der Waals surface area contributed by atoms with Crippen molar-refractivity contribution in [3.8, 4) is 0 Å². The molecule has 2 amide bonds. The standard InChI is InChI=1S/C21H16ClFN2O2/c1-25(17-8-3-2-4-9-17)21(27)15-7-5-6-14(12-15)20(26)24-16-10-11-19(23)18(22)13-16/h2-13H,1H3,(H,24,26). The largest absolute Gasteiger partial charge is 0.322 e. The molecule has 0 spiro atoms. The highest BCUT2D eigenvalue weighted by Gasteiger charge is 2.15. The zero-order chi connectivity index (χ0) is 19.4. The van der Waals surface area contributed by atoms with Crippen LogP contribution in [0.25, 0.3) is 0 Å². The number of rotatable bonds is 4. The number of benzene rings is 3. The Morgan fingerprint density at radius 2 is 1.63 bits per heavy atom. The highest BCUT2D eigenvalue weighted by molar-refractivity contribution is 6.31. The Bertz CT molecular complexity index is 992. The molecule has 0 saturated carbocycles. The van der Waals surface area contributed by atoms with Crippen LogP contribution in [0.1, 0.15) is 20.7 Å². The number of carbonyl (C=O) groups excluding carboxylic acids is 2. The molecule has 1 N–H and O–H groups in total. The minimum Gasteiger partial charge on any atom is -0.322 e. The first-order valence-corrected chi connectivity index (χ1v) is 8.53. The number of hydrogen-bond donors (Lipinski definition) is 1. The van der Waals surface area contributed by atoms with Crippen LogP contribution in [0.3, 0.4) is 0 Å². The highest BCUT2D eigenvalue weighted by Crippen LogP contribution is 2.20. The van der Waals surface area contributed by atoms with Crippen molar-refractivity contribution >= 4 is 34.8 Å². The molecular weight excluding hydrogens is 367 g/mol. The third-order valence-electron chi connectivity index (χ3n) is 4.00. The lowest BCUT2D eigenvalue weighted by Gasteiger charge is -2.17. The summed E-state index contributed by atoms with van der Waals surface area (Å²) in [6.07, 6.45) is 0. The molecule has 6 heteroatoms. The topological polar surface area (TPSA) is 49.4 Å². The van der Waals surface area contributed by atoms with E-state index in [1.165, 1.54) is 29.2 Å². The van der Waals surface area contributed by atoms with Gasteiger partial charge in [-0.3, -0.25) is 9.59 Å². The molecule has 3 aromatic carbocycles. The first kappa shape index (κ1) is 18.6. The third kappa shape index (κ3) is 4.33. The van der Waals surface area contributed by atoms with Gasteiger partial charge < -0.3 is 10.2 Å². The lowest BCUT2D eigenvalue weighted by atomic mass is 10.1. The molecule has 0 atom stereocenters. The fourth-order valence-corrected chi connectivity index (χ4v) is 2.71. The molecule has 0 aliphatic heterocycles. The Labute approximate surface area is 161 Å². The van der Waals surface area contributed by atoms with Crippen molar-refractivity contribution in [2.24, 2.45) is 0 Å². The number of nitrogens with one attached hydrogen (secondary N) is 1. The van der Waals surface area contributed by atoms with E-state index in [4.69, 9.17) is 11.6 Å². The number of nitrogens with zero attached hydrogens (tertiary/aromatic N) is 1. The molecule has 0 bridgehead atoms. The van der Waals surface area contributed by atoms with E-state index in [1.807, 2.05) is 30.3 Å². The first-order chi connectivity index (χ1) is 13.0. The van der Waals surface area contributed by atoms with Gasteiger partial charge in [-0.25, -0.2) is 4.39 Å². The average Bonchev–Trinajstić information content (AvgIpc) is 2.70. The smallest absolute Gasteiger partial charge is 0.258 e. The van der Waals surface area contributed by atoms with Crippen molar-refractivity contribution in [2.45, 2.75) is 0 Å². The van der Waals surface area contributed by atoms with E-state index in [2.05, 4.69) is 5.32 Å². The Hall–Kier alpha value is -3.18. The van der Waals surface area contributed by atoms with Gasteiger partial charge >= 0.3 is 0 Å². The minimum absolute atomic E-state index is 0.0822. The summed E-state index contributed by atoms with van der Waals surface area (Å²) in [4.78, 5) is 26.7. The van der Waals surface area contributed by atoms with E-state index < -0.39 is 11.7 Å². The fraction of sp³-hybridized carbons (Fsp3) is 0.0476. The molecule has 27 heavy (non-hydrogen) atoms. The molecule has 0 fully saturated rings. The van der Waals surface area contributed by atoms with Crippen molar-refractivity contribution in [1.29, 1.82) is 0 Å². The maximum absolute atomic E-state index is 13.2. The Kier molecular flexibility index (Phi) is 5.52. The quantitative estimate of drug-likeness (QED) is 0.689. The number of carbonyl (C=O) groups is 2. The summed E-state index contributed by atoms with van der Waals surface area (Å²) in [7, 11) is 1.67. The van der Waals surface area contributed by atoms with Crippen LogP contribution in [-0.2, 0) is 0 Å². The van der Waals surface area contributed by atoms with E-state index in [0.717, 1.165) is 5.69 Å². The number of hydrogen-bond acceptors (Lipinski definition) is 2. The summed E-state index contributed by atoms with van der Waals surface area (Å²) in [6.45, 7) is 0. The normalized spacial score (nSPS) is 10.3. The van der Waals surface area contributed by atoms with E-state index >= 15 is 0 Å². The molecule has 136 valence electrons. The van der Waals surface area contributed by atoms with E-state index in [-0.39, 0.29) is 10.9 Å². The summed E-state index contributed by atoms with van der Waals surface area (Å²) in [6, 6.07) is 19.5. The number of halogens is 2. The predicted octanol–water partition coefficient (Wildman–Crippen LogP) is 5.01. The average molecular weight is 383 g/mol. The second-order valence-electron chi connectivity index (χ2n) is 5.86. The molecular formula is C21H16ClFN2O2. The number of amides is 2. The lowest BCUT2D eigenvalue weighted by molar-refractivity contribution is 0.0993. The summed E-state index contributed by atoms with van der Waals surface area (Å²) in [5, 5.41) is 2.56. The third-order valence-corrected chi connectivity index (χ3v) is 4.29. The molecule has 3 aromatic rings. The fourth-order valence-electron chi connectivity index (χ4n) is 2.53. The van der Waals surface area contributed by atoms with E-state index in [1.54, 1.807) is 25.2 Å². The highest BCUT2D eigenvalue weighted by atomic mass is 35.5. The zero-order valence-electron chi connectivity index (χ0n) is 14.4. The molecule has 3 rings (SSSR count). The molecule has 0 heterocycles. The SMILES string of the molecule is CN(C(=O)c1cccc(C(=O)Nc2ccc(F)c(Cl)c2)c1)c1ccccc1. The zero-order valence-corrected chi connectivity index (χ0v) is 15.2. The van der Waals surface area contributed by atoms with E-state index in [9.17, 15) is 14.0 Å². The van der Waals surface area contributed by atoms with Crippen molar-refractivity contribution in [3.63, 3.8) is 0 Å². The summed E-state index contributed by atoms with van der Waals surface area (Å²) >= 11 is 5.73. The van der Waals surface area contributed by atoms with Gasteiger partial charge in [-0.1, -0.05) is 35.9 Å². The van der Waals surface area contributed by atoms with Crippen molar-refractivity contribution in [3.05, 3.63) is 94.8 Å². The first-order valence-electron chi connectivity index (χ1n) is 8.15. The molecule has 0 saturated heterocycles. The van der Waals surface area contributed by atoms with Gasteiger partial charge in [0.05, 0.1) is 5.02 Å². The maximum atomic E-state index is 13.2.